The molecule has 2 nitrogen and oxygen atoms in total. The Balaban J connectivity index is 1.61. The molecule has 0 saturated heterocycles. The molecular weight excluding hydrogens is 347 g/mol. The van der Waals surface area contributed by atoms with Crippen LogP contribution in [0.25, 0.3) is 0 Å². The fourth-order valence-corrected chi connectivity index (χ4v) is 2.43. The van der Waals surface area contributed by atoms with E-state index in [-0.39, 0.29) is 0 Å². The third-order valence-electron chi connectivity index (χ3n) is 2.86. The Labute approximate surface area is 122 Å². The van der Waals surface area contributed by atoms with Crippen LogP contribution in [0.15, 0.2) is 18.2 Å². The number of rotatable bonds is 7. The van der Waals surface area contributed by atoms with E-state index >= 15 is 0 Å². The second-order valence-electron chi connectivity index (χ2n) is 4.49. The van der Waals surface area contributed by atoms with Crippen molar-refractivity contribution in [3.8, 4) is 0 Å². The molecule has 4 heteroatoms. The van der Waals surface area contributed by atoms with E-state index in [9.17, 15) is 0 Å². The Morgan fingerprint density at radius 3 is 2.88 bits per heavy atom. The van der Waals surface area contributed by atoms with Crippen molar-refractivity contribution in [1.29, 1.82) is 0 Å². The molecule has 1 fully saturated rings. The molecule has 94 valence electrons. The Kier molecular flexibility index (Phi) is 5.53. The van der Waals surface area contributed by atoms with Crippen molar-refractivity contribution in [3.63, 3.8) is 0 Å². The number of halogens is 2. The average Bonchev–Trinajstić information content (AvgIpc) is 3.11. The highest BCUT2D eigenvalue weighted by atomic mass is 127. The molecular formula is C13H18ClIN2. The van der Waals surface area contributed by atoms with Crippen LogP contribution in [0.1, 0.15) is 24.8 Å². The smallest absolute Gasteiger partial charge is 0.0409 e. The molecule has 0 aliphatic heterocycles. The van der Waals surface area contributed by atoms with E-state index in [4.69, 9.17) is 11.6 Å². The van der Waals surface area contributed by atoms with Crippen LogP contribution in [-0.4, -0.2) is 19.1 Å². The second-order valence-corrected chi connectivity index (χ2v) is 6.09. The molecule has 2 rings (SSSR count). The lowest BCUT2D eigenvalue weighted by atomic mass is 10.2. The Morgan fingerprint density at radius 2 is 2.12 bits per heavy atom. The van der Waals surface area contributed by atoms with Gasteiger partial charge in [-0.2, -0.15) is 0 Å². The molecule has 1 aromatic carbocycles. The van der Waals surface area contributed by atoms with E-state index in [1.54, 1.807) is 0 Å². The average molecular weight is 365 g/mol. The van der Waals surface area contributed by atoms with E-state index < -0.39 is 0 Å². The highest BCUT2D eigenvalue weighted by molar-refractivity contribution is 14.1. The van der Waals surface area contributed by atoms with Gasteiger partial charge in [0, 0.05) is 21.2 Å². The molecule has 0 atom stereocenters. The third kappa shape index (κ3) is 5.12. The van der Waals surface area contributed by atoms with Gasteiger partial charge < -0.3 is 10.6 Å². The fraction of sp³-hybridized carbons (Fsp3) is 0.538. The second kappa shape index (κ2) is 6.92. The van der Waals surface area contributed by atoms with Crippen LogP contribution in [0.2, 0.25) is 5.02 Å². The van der Waals surface area contributed by atoms with Crippen molar-refractivity contribution in [2.75, 3.05) is 13.1 Å². The van der Waals surface area contributed by atoms with Gasteiger partial charge in [-0.15, -0.1) is 0 Å². The molecule has 0 unspecified atom stereocenters. The maximum Gasteiger partial charge on any atom is 0.0409 e. The molecule has 0 aromatic heterocycles. The lowest BCUT2D eigenvalue weighted by Crippen LogP contribution is -2.23. The zero-order valence-electron chi connectivity index (χ0n) is 9.81. The molecule has 0 radical (unpaired) electrons. The summed E-state index contributed by atoms with van der Waals surface area (Å²) in [6.07, 6.45) is 3.93. The summed E-state index contributed by atoms with van der Waals surface area (Å²) in [5.41, 5.74) is 1.29. The predicted octanol–water partition coefficient (Wildman–Crippen LogP) is 3.18. The van der Waals surface area contributed by atoms with Crippen LogP contribution in [0.5, 0.6) is 0 Å². The minimum atomic E-state index is 0.817. The van der Waals surface area contributed by atoms with Crippen LogP contribution in [0.3, 0.4) is 0 Å². The maximum absolute atomic E-state index is 5.98. The van der Waals surface area contributed by atoms with Crippen molar-refractivity contribution >= 4 is 34.2 Å². The number of benzene rings is 1. The van der Waals surface area contributed by atoms with E-state index in [0.717, 1.165) is 30.7 Å². The van der Waals surface area contributed by atoms with Gasteiger partial charge in [0.2, 0.25) is 0 Å². The minimum Gasteiger partial charge on any atom is -0.314 e. The molecule has 1 aliphatic rings. The normalized spacial score (nSPS) is 15.2. The van der Waals surface area contributed by atoms with Gasteiger partial charge in [0.05, 0.1) is 0 Å². The van der Waals surface area contributed by atoms with Gasteiger partial charge in [0.15, 0.2) is 0 Å². The molecule has 1 saturated carbocycles. The number of hydrogen-bond acceptors (Lipinski definition) is 2. The molecule has 2 N–H and O–H groups in total. The van der Waals surface area contributed by atoms with Crippen LogP contribution in [0, 0.1) is 3.57 Å². The van der Waals surface area contributed by atoms with Crippen LogP contribution in [-0.2, 0) is 6.54 Å². The molecule has 1 aliphatic carbocycles. The van der Waals surface area contributed by atoms with Crippen molar-refractivity contribution in [2.45, 2.75) is 31.8 Å². The van der Waals surface area contributed by atoms with Gasteiger partial charge in [0.25, 0.3) is 0 Å². The van der Waals surface area contributed by atoms with Gasteiger partial charge in [0.1, 0.15) is 0 Å². The molecule has 0 amide bonds. The molecule has 17 heavy (non-hydrogen) atoms. The topological polar surface area (TPSA) is 24.1 Å². The van der Waals surface area contributed by atoms with Crippen LogP contribution >= 0.6 is 34.2 Å². The summed E-state index contributed by atoms with van der Waals surface area (Å²) < 4.78 is 1.27. The summed E-state index contributed by atoms with van der Waals surface area (Å²) in [4.78, 5) is 0. The predicted molar refractivity (Wildman–Crippen MR) is 81.5 cm³/mol. The lowest BCUT2D eigenvalue weighted by Gasteiger charge is -2.08. The van der Waals surface area contributed by atoms with Gasteiger partial charge in [-0.05, 0) is 78.7 Å². The van der Waals surface area contributed by atoms with Crippen LogP contribution in [0.4, 0.5) is 0 Å². The van der Waals surface area contributed by atoms with E-state index in [1.807, 2.05) is 12.1 Å². The van der Waals surface area contributed by atoms with Crippen molar-refractivity contribution < 1.29 is 0 Å². The van der Waals surface area contributed by atoms with Gasteiger partial charge in [-0.1, -0.05) is 11.6 Å². The molecule has 1 aromatic rings. The summed E-state index contributed by atoms with van der Waals surface area (Å²) in [7, 11) is 0. The Morgan fingerprint density at radius 1 is 1.29 bits per heavy atom. The first-order valence-electron chi connectivity index (χ1n) is 6.14. The first-order chi connectivity index (χ1) is 8.25. The summed E-state index contributed by atoms with van der Waals surface area (Å²) >= 11 is 8.33. The lowest BCUT2D eigenvalue weighted by molar-refractivity contribution is 0.592. The van der Waals surface area contributed by atoms with E-state index in [0.29, 0.717) is 0 Å². The van der Waals surface area contributed by atoms with Crippen molar-refractivity contribution in [2.24, 2.45) is 0 Å². The fourth-order valence-electron chi connectivity index (χ4n) is 1.71. The molecule has 0 heterocycles. The summed E-state index contributed by atoms with van der Waals surface area (Å²) in [5.74, 6) is 0. The summed E-state index contributed by atoms with van der Waals surface area (Å²) in [6.45, 7) is 3.09. The van der Waals surface area contributed by atoms with Gasteiger partial charge in [-0.3, -0.25) is 0 Å². The monoisotopic (exact) mass is 364 g/mol. The first-order valence-corrected chi connectivity index (χ1v) is 7.59. The van der Waals surface area contributed by atoms with Gasteiger partial charge >= 0.3 is 0 Å². The molecule has 0 bridgehead atoms. The van der Waals surface area contributed by atoms with Crippen molar-refractivity contribution in [1.82, 2.24) is 10.6 Å². The Hall–Kier alpha value is 0.160. The van der Waals surface area contributed by atoms with Crippen LogP contribution < -0.4 is 10.6 Å². The van der Waals surface area contributed by atoms with E-state index in [2.05, 4.69) is 39.3 Å². The van der Waals surface area contributed by atoms with E-state index in [1.165, 1.54) is 28.4 Å². The summed E-state index contributed by atoms with van der Waals surface area (Å²) in [5, 5.41) is 7.79. The minimum absolute atomic E-state index is 0.817. The first kappa shape index (κ1) is 13.6. The SMILES string of the molecule is Clc1ccc(I)c(CNCCCNC2CC2)c1. The maximum atomic E-state index is 5.98. The third-order valence-corrected chi connectivity index (χ3v) is 4.15. The Bertz CT molecular complexity index is 366. The zero-order chi connectivity index (χ0) is 12.1. The van der Waals surface area contributed by atoms with Crippen molar-refractivity contribution in [3.05, 3.63) is 32.4 Å². The van der Waals surface area contributed by atoms with Gasteiger partial charge in [-0.25, -0.2) is 0 Å². The highest BCUT2D eigenvalue weighted by Crippen LogP contribution is 2.18. The summed E-state index contributed by atoms with van der Waals surface area (Å²) in [6, 6.07) is 6.86. The largest absolute Gasteiger partial charge is 0.314 e. The quantitative estimate of drug-likeness (QED) is 0.573. The highest BCUT2D eigenvalue weighted by Gasteiger charge is 2.19. The zero-order valence-corrected chi connectivity index (χ0v) is 12.7. The number of nitrogens with one attached hydrogen (secondary N) is 2. The standard InChI is InChI=1S/C13H18ClIN2/c14-11-2-5-13(15)10(8-11)9-16-6-1-7-17-12-3-4-12/h2,5,8,12,16-17H,1,3-4,6-7,9H2. The number of hydrogen-bond donors (Lipinski definition) is 2. The molecule has 0 spiro atoms.